The van der Waals surface area contributed by atoms with E-state index in [1.807, 2.05) is 37.3 Å². The van der Waals surface area contributed by atoms with E-state index in [1.165, 1.54) is 7.11 Å². The van der Waals surface area contributed by atoms with Crippen LogP contribution in [0.2, 0.25) is 0 Å². The normalized spacial score (nSPS) is 16.5. The first-order valence-electron chi connectivity index (χ1n) is 7.69. The van der Waals surface area contributed by atoms with Crippen molar-refractivity contribution in [1.29, 1.82) is 0 Å². The van der Waals surface area contributed by atoms with Gasteiger partial charge >= 0.3 is 5.97 Å². The smallest absolute Gasteiger partial charge is 0.305 e. The van der Waals surface area contributed by atoms with Gasteiger partial charge in [-0.25, -0.2) is 0 Å². The first kappa shape index (κ1) is 16.2. The molecule has 0 aromatic heterocycles. The number of allylic oxidation sites excluding steroid dienone is 4. The monoisotopic (exact) mass is 298 g/mol. The Morgan fingerprint density at radius 1 is 1.23 bits per heavy atom. The second-order valence-electron chi connectivity index (χ2n) is 5.52. The molecule has 1 aromatic rings. The molecule has 116 valence electrons. The maximum Gasteiger partial charge on any atom is 0.305 e. The van der Waals surface area contributed by atoms with Gasteiger partial charge in [-0.05, 0) is 42.9 Å². The molecule has 0 amide bonds. The zero-order valence-electron chi connectivity index (χ0n) is 13.2. The van der Waals surface area contributed by atoms with E-state index in [0.29, 0.717) is 12.8 Å². The Morgan fingerprint density at radius 3 is 2.64 bits per heavy atom. The average molecular weight is 298 g/mol. The van der Waals surface area contributed by atoms with E-state index in [2.05, 4.69) is 10.8 Å². The van der Waals surface area contributed by atoms with Gasteiger partial charge in [-0.2, -0.15) is 0 Å². The molecule has 22 heavy (non-hydrogen) atoms. The maximum atomic E-state index is 12.3. The lowest BCUT2D eigenvalue weighted by atomic mass is 10.0. The predicted octanol–water partition coefficient (Wildman–Crippen LogP) is 4.09. The Bertz CT molecular complexity index is 609. The summed E-state index contributed by atoms with van der Waals surface area (Å²) >= 11 is 0. The standard InChI is InChI=1S/C19H22O3/c1-14-16(11-7-4-8-12-18(21)22-2)13-17(20)19(14)15-9-5-3-6-10-15/h3,5-6,9-11H,4,7-8,12-13H2,1-2H3/b16-11-. The van der Waals surface area contributed by atoms with E-state index >= 15 is 0 Å². The number of benzene rings is 1. The summed E-state index contributed by atoms with van der Waals surface area (Å²) in [5.41, 5.74) is 4.06. The lowest BCUT2D eigenvalue weighted by Crippen LogP contribution is -1.98. The lowest BCUT2D eigenvalue weighted by molar-refractivity contribution is -0.140. The van der Waals surface area contributed by atoms with Crippen LogP contribution in [0, 0.1) is 0 Å². The van der Waals surface area contributed by atoms with Crippen LogP contribution in [-0.4, -0.2) is 18.9 Å². The summed E-state index contributed by atoms with van der Waals surface area (Å²) in [6.07, 6.45) is 5.73. The number of carbonyl (C=O) groups excluding carboxylic acids is 2. The van der Waals surface area contributed by atoms with E-state index in [9.17, 15) is 9.59 Å². The Balaban J connectivity index is 1.98. The van der Waals surface area contributed by atoms with Gasteiger partial charge in [0.2, 0.25) is 0 Å². The molecule has 0 saturated heterocycles. The number of unbranched alkanes of at least 4 members (excludes halogenated alkanes) is 2. The number of rotatable bonds is 6. The molecule has 0 radical (unpaired) electrons. The molecule has 1 aromatic carbocycles. The fourth-order valence-electron chi connectivity index (χ4n) is 2.76. The highest BCUT2D eigenvalue weighted by Crippen LogP contribution is 2.35. The fraction of sp³-hybridized carbons (Fsp3) is 0.368. The van der Waals surface area contributed by atoms with Crippen LogP contribution in [-0.2, 0) is 14.3 Å². The van der Waals surface area contributed by atoms with Gasteiger partial charge < -0.3 is 4.74 Å². The largest absolute Gasteiger partial charge is 0.469 e. The zero-order chi connectivity index (χ0) is 15.9. The van der Waals surface area contributed by atoms with Crippen molar-refractivity contribution in [2.75, 3.05) is 7.11 Å². The summed E-state index contributed by atoms with van der Waals surface area (Å²) in [6.45, 7) is 2.02. The maximum absolute atomic E-state index is 12.3. The fourth-order valence-corrected chi connectivity index (χ4v) is 2.76. The molecule has 0 heterocycles. The van der Waals surface area contributed by atoms with Crippen molar-refractivity contribution >= 4 is 17.3 Å². The SMILES string of the molecule is COC(=O)CCCC/C=C1/CC(=O)C(c2ccccc2)=C1C. The third-order valence-corrected chi connectivity index (χ3v) is 4.00. The van der Waals surface area contributed by atoms with Crippen LogP contribution in [0.3, 0.4) is 0 Å². The lowest BCUT2D eigenvalue weighted by Gasteiger charge is -2.03. The van der Waals surface area contributed by atoms with Crippen LogP contribution < -0.4 is 0 Å². The molecule has 3 nitrogen and oxygen atoms in total. The summed E-state index contributed by atoms with van der Waals surface area (Å²) in [7, 11) is 1.41. The van der Waals surface area contributed by atoms with Gasteiger partial charge in [0, 0.05) is 18.4 Å². The van der Waals surface area contributed by atoms with Gasteiger partial charge in [-0.3, -0.25) is 9.59 Å². The molecule has 1 aliphatic carbocycles. The minimum absolute atomic E-state index is 0.161. The molecule has 0 spiro atoms. The van der Waals surface area contributed by atoms with Crippen molar-refractivity contribution in [3.63, 3.8) is 0 Å². The Kier molecular flexibility index (Phi) is 5.70. The number of carbonyl (C=O) groups is 2. The molecule has 0 unspecified atom stereocenters. The van der Waals surface area contributed by atoms with Crippen LogP contribution in [0.5, 0.6) is 0 Å². The predicted molar refractivity (Wildman–Crippen MR) is 87.2 cm³/mol. The van der Waals surface area contributed by atoms with Gasteiger partial charge in [0.05, 0.1) is 7.11 Å². The van der Waals surface area contributed by atoms with Crippen molar-refractivity contribution in [3.8, 4) is 0 Å². The molecule has 1 aliphatic rings. The number of methoxy groups -OCH3 is 1. The highest BCUT2D eigenvalue weighted by Gasteiger charge is 2.25. The Hall–Kier alpha value is -2.16. The van der Waals surface area contributed by atoms with E-state index in [-0.39, 0.29) is 11.8 Å². The molecule has 0 atom stereocenters. The van der Waals surface area contributed by atoms with E-state index in [1.54, 1.807) is 0 Å². The molecular formula is C19H22O3. The first-order valence-corrected chi connectivity index (χ1v) is 7.69. The summed E-state index contributed by atoms with van der Waals surface area (Å²) in [5, 5.41) is 0. The second-order valence-corrected chi connectivity index (χ2v) is 5.52. The van der Waals surface area contributed by atoms with Crippen molar-refractivity contribution in [2.45, 2.75) is 39.0 Å². The number of hydrogen-bond donors (Lipinski definition) is 0. The average Bonchev–Trinajstić information content (AvgIpc) is 2.81. The van der Waals surface area contributed by atoms with Gasteiger partial charge in [-0.15, -0.1) is 0 Å². The van der Waals surface area contributed by atoms with Crippen LogP contribution in [0.1, 0.15) is 44.6 Å². The number of ketones is 1. The van der Waals surface area contributed by atoms with Gasteiger partial charge in [0.1, 0.15) is 0 Å². The highest BCUT2D eigenvalue weighted by atomic mass is 16.5. The molecule has 0 N–H and O–H groups in total. The molecule has 2 rings (SSSR count). The van der Waals surface area contributed by atoms with Crippen molar-refractivity contribution < 1.29 is 14.3 Å². The third kappa shape index (κ3) is 3.94. The van der Waals surface area contributed by atoms with Crippen molar-refractivity contribution in [1.82, 2.24) is 0 Å². The molecule has 0 aliphatic heterocycles. The van der Waals surface area contributed by atoms with E-state index in [4.69, 9.17) is 0 Å². The summed E-state index contributed by atoms with van der Waals surface area (Å²) in [4.78, 5) is 23.3. The quantitative estimate of drug-likeness (QED) is 0.587. The number of esters is 1. The first-order chi connectivity index (χ1) is 10.6. The van der Waals surface area contributed by atoms with Gasteiger partial charge in [0.25, 0.3) is 0 Å². The molecule has 0 saturated carbocycles. The number of hydrogen-bond acceptors (Lipinski definition) is 3. The molecule has 3 heteroatoms. The molecule has 0 bridgehead atoms. The molecule has 0 fully saturated rings. The minimum Gasteiger partial charge on any atom is -0.469 e. The van der Waals surface area contributed by atoms with E-state index < -0.39 is 0 Å². The summed E-state index contributed by atoms with van der Waals surface area (Å²) < 4.78 is 4.62. The van der Waals surface area contributed by atoms with Crippen molar-refractivity contribution in [3.05, 3.63) is 53.1 Å². The van der Waals surface area contributed by atoms with Gasteiger partial charge in [-0.1, -0.05) is 36.4 Å². The minimum atomic E-state index is -0.161. The topological polar surface area (TPSA) is 43.4 Å². The van der Waals surface area contributed by atoms with Crippen molar-refractivity contribution in [2.24, 2.45) is 0 Å². The van der Waals surface area contributed by atoms with E-state index in [0.717, 1.165) is 41.5 Å². The molecular weight excluding hydrogens is 276 g/mol. The zero-order valence-corrected chi connectivity index (χ0v) is 13.2. The Morgan fingerprint density at radius 2 is 1.95 bits per heavy atom. The Labute approximate surface area is 131 Å². The summed E-state index contributed by atoms with van der Waals surface area (Å²) in [5.74, 6) is 0.0376. The van der Waals surface area contributed by atoms with Crippen LogP contribution in [0.25, 0.3) is 5.57 Å². The third-order valence-electron chi connectivity index (χ3n) is 4.00. The second kappa shape index (κ2) is 7.74. The highest BCUT2D eigenvalue weighted by molar-refractivity contribution is 6.26. The van der Waals surface area contributed by atoms with Gasteiger partial charge in [0.15, 0.2) is 5.78 Å². The van der Waals surface area contributed by atoms with Crippen LogP contribution in [0.15, 0.2) is 47.6 Å². The van der Waals surface area contributed by atoms with Crippen LogP contribution in [0.4, 0.5) is 0 Å². The summed E-state index contributed by atoms with van der Waals surface area (Å²) in [6, 6.07) is 9.83. The number of Topliss-reactive ketones (excluding diaryl/α,β-unsaturated/α-hetero) is 1. The number of ether oxygens (including phenoxy) is 1. The van der Waals surface area contributed by atoms with Crippen LogP contribution >= 0.6 is 0 Å².